The number of aliphatic hydroxyl groups excluding tert-OH is 1. The molecule has 21 heteroatoms. The standard InChI is InChI=1S/C41H44N8O13/c50-21-27(36(55)45-20-32(54)44-19-29-35(61-29)41(60)62-33-8-1-2-17-43-33)47-37(56)26(14-11-22-9-12-23(51)13-10-22)46-30(52)7-4-18-42-25-6-3-5-24-34(25)40(59)49(39(24)58)28-15-16-31(53)48-38(28)57/h1-3,5-6,8-10,12-13,17,26-29,35,42,50-51H,4,7,11,14-16,18-21H2,(H,44,54)(H,45,55)(H,46,52)(H,47,56)(H,48,53,57). The van der Waals surface area contributed by atoms with Gasteiger partial charge in [0.15, 0.2) is 6.10 Å². The first kappa shape index (κ1) is 44.3. The number of amides is 8. The van der Waals surface area contributed by atoms with Gasteiger partial charge in [-0.3, -0.25) is 48.6 Å². The summed E-state index contributed by atoms with van der Waals surface area (Å²) in [5.74, 6) is -6.01. The second kappa shape index (κ2) is 20.3. The summed E-state index contributed by atoms with van der Waals surface area (Å²) in [6, 6.07) is 11.8. The summed E-state index contributed by atoms with van der Waals surface area (Å²) >= 11 is 0. The monoisotopic (exact) mass is 856 g/mol. The molecule has 2 saturated heterocycles. The Morgan fingerprint density at radius 1 is 0.903 bits per heavy atom. The maximum Gasteiger partial charge on any atom is 0.344 e. The van der Waals surface area contributed by atoms with Crippen molar-refractivity contribution in [3.05, 3.63) is 83.6 Å². The van der Waals surface area contributed by atoms with E-state index in [1.54, 1.807) is 36.4 Å². The smallest absolute Gasteiger partial charge is 0.344 e. The molecule has 3 aliphatic rings. The average molecular weight is 857 g/mol. The number of aromatic hydroxyl groups is 1. The number of epoxide rings is 1. The maximum atomic E-state index is 13.5. The Bertz CT molecular complexity index is 2220. The Hall–Kier alpha value is -7.26. The van der Waals surface area contributed by atoms with E-state index in [1.165, 1.54) is 30.5 Å². The summed E-state index contributed by atoms with van der Waals surface area (Å²) in [6.07, 6.45) is 0.300. The molecule has 6 rings (SSSR count). The molecular weight excluding hydrogens is 812 g/mol. The van der Waals surface area contributed by atoms with Crippen LogP contribution in [0.15, 0.2) is 66.9 Å². The summed E-state index contributed by atoms with van der Waals surface area (Å²) in [5.41, 5.74) is 1.18. The lowest BCUT2D eigenvalue weighted by Gasteiger charge is -2.27. The van der Waals surface area contributed by atoms with Gasteiger partial charge < -0.3 is 46.3 Å². The number of ether oxygens (including phenoxy) is 2. The van der Waals surface area contributed by atoms with Crippen LogP contribution < -0.4 is 36.6 Å². The first-order valence-electron chi connectivity index (χ1n) is 19.7. The Labute approximate surface area is 353 Å². The summed E-state index contributed by atoms with van der Waals surface area (Å²) in [6.45, 7) is -1.29. The number of piperidine rings is 1. The van der Waals surface area contributed by atoms with Crippen molar-refractivity contribution in [2.45, 2.75) is 68.9 Å². The zero-order valence-corrected chi connectivity index (χ0v) is 33.1. The SMILES string of the molecule is O=C(CNC(=O)C(CO)NC(=O)C(CCc1ccc(O)cc1)NC(=O)CCCNc1cccc2c1C(=O)N(C1CCC(=O)NC1=O)C2=O)NCC1OC1C(=O)Oc1ccccn1. The molecule has 2 fully saturated rings. The molecule has 3 aliphatic heterocycles. The lowest BCUT2D eigenvalue weighted by atomic mass is 10.0. The summed E-state index contributed by atoms with van der Waals surface area (Å²) in [7, 11) is 0. The third-order valence-corrected chi connectivity index (χ3v) is 10.1. The van der Waals surface area contributed by atoms with Gasteiger partial charge in [-0.15, -0.1) is 0 Å². The van der Waals surface area contributed by atoms with Crippen LogP contribution in [0.2, 0.25) is 0 Å². The first-order chi connectivity index (χ1) is 29.8. The number of imide groups is 2. The van der Waals surface area contributed by atoms with Crippen LogP contribution >= 0.6 is 0 Å². The Kier molecular flexibility index (Phi) is 14.5. The number of anilines is 1. The van der Waals surface area contributed by atoms with E-state index in [1.807, 2.05) is 0 Å². The van der Waals surface area contributed by atoms with Gasteiger partial charge >= 0.3 is 5.97 Å². The molecule has 8 N–H and O–H groups in total. The number of benzene rings is 2. The number of hydrogen-bond donors (Lipinski definition) is 8. The molecule has 0 radical (unpaired) electrons. The molecule has 4 heterocycles. The number of rotatable bonds is 20. The fourth-order valence-corrected chi connectivity index (χ4v) is 6.75. The molecule has 0 aliphatic carbocycles. The second-order valence-corrected chi connectivity index (χ2v) is 14.5. The minimum atomic E-state index is -1.50. The van der Waals surface area contributed by atoms with E-state index in [4.69, 9.17) is 9.47 Å². The number of carbonyl (C=O) groups is 9. The minimum absolute atomic E-state index is 0.00361. The predicted molar refractivity (Wildman–Crippen MR) is 213 cm³/mol. The highest BCUT2D eigenvalue weighted by Crippen LogP contribution is 2.32. The molecule has 3 aromatic rings. The van der Waals surface area contributed by atoms with Crippen molar-refractivity contribution in [1.29, 1.82) is 0 Å². The topological polar surface area (TPSA) is 304 Å². The first-order valence-corrected chi connectivity index (χ1v) is 19.7. The van der Waals surface area contributed by atoms with Crippen LogP contribution in [0.4, 0.5) is 5.69 Å². The highest BCUT2D eigenvalue weighted by molar-refractivity contribution is 6.25. The fourth-order valence-electron chi connectivity index (χ4n) is 6.75. The minimum Gasteiger partial charge on any atom is -0.508 e. The van der Waals surface area contributed by atoms with Crippen molar-refractivity contribution in [1.82, 2.24) is 36.5 Å². The number of nitrogens with one attached hydrogen (secondary N) is 6. The zero-order chi connectivity index (χ0) is 44.3. The van der Waals surface area contributed by atoms with E-state index < -0.39 is 96.7 Å². The number of aliphatic hydroxyl groups is 1. The number of phenolic OH excluding ortho intramolecular Hbond substituents is 1. The molecule has 5 unspecified atom stereocenters. The van der Waals surface area contributed by atoms with Crippen LogP contribution in [0.25, 0.3) is 0 Å². The molecule has 62 heavy (non-hydrogen) atoms. The normalized spacial score (nSPS) is 18.7. The largest absolute Gasteiger partial charge is 0.508 e. The van der Waals surface area contributed by atoms with Crippen LogP contribution in [0.5, 0.6) is 11.6 Å². The van der Waals surface area contributed by atoms with E-state index in [9.17, 15) is 53.4 Å². The van der Waals surface area contributed by atoms with Gasteiger partial charge in [0.2, 0.25) is 41.3 Å². The number of esters is 1. The predicted octanol–water partition coefficient (Wildman–Crippen LogP) is -1.42. The second-order valence-electron chi connectivity index (χ2n) is 14.5. The Morgan fingerprint density at radius 2 is 1.69 bits per heavy atom. The van der Waals surface area contributed by atoms with Crippen molar-refractivity contribution in [2.75, 3.05) is 31.6 Å². The van der Waals surface area contributed by atoms with Crippen LogP contribution in [-0.2, 0) is 44.7 Å². The molecule has 0 bridgehead atoms. The fraction of sp³-hybridized carbons (Fsp3) is 0.366. The number of hydrogen-bond acceptors (Lipinski definition) is 15. The Morgan fingerprint density at radius 3 is 2.42 bits per heavy atom. The highest BCUT2D eigenvalue weighted by Gasteiger charge is 2.47. The van der Waals surface area contributed by atoms with Gasteiger partial charge in [0.05, 0.1) is 24.3 Å². The van der Waals surface area contributed by atoms with Gasteiger partial charge in [-0.2, -0.15) is 0 Å². The van der Waals surface area contributed by atoms with Crippen molar-refractivity contribution < 1.29 is 62.8 Å². The van der Waals surface area contributed by atoms with Crippen LogP contribution in [0.3, 0.4) is 0 Å². The summed E-state index contributed by atoms with van der Waals surface area (Å²) in [5, 5.41) is 34.8. The number of phenols is 1. The molecule has 5 atom stereocenters. The third-order valence-electron chi connectivity index (χ3n) is 10.1. The number of aryl methyl sites for hydroxylation is 1. The molecule has 2 aromatic carbocycles. The number of fused-ring (bicyclic) bond motifs is 1. The van der Waals surface area contributed by atoms with Crippen molar-refractivity contribution in [3.63, 3.8) is 0 Å². The number of pyridine rings is 1. The average Bonchev–Trinajstić information content (AvgIpc) is 4.00. The van der Waals surface area contributed by atoms with Crippen LogP contribution in [0.1, 0.15) is 58.4 Å². The third kappa shape index (κ3) is 11.3. The van der Waals surface area contributed by atoms with E-state index in [0.717, 1.165) is 10.5 Å². The summed E-state index contributed by atoms with van der Waals surface area (Å²) in [4.78, 5) is 120. The Balaban J connectivity index is 0.973. The van der Waals surface area contributed by atoms with Gasteiger partial charge in [0, 0.05) is 43.9 Å². The van der Waals surface area contributed by atoms with Crippen molar-refractivity contribution in [3.8, 4) is 11.6 Å². The van der Waals surface area contributed by atoms with Gasteiger partial charge in [-0.1, -0.05) is 24.3 Å². The lowest BCUT2D eigenvalue weighted by molar-refractivity contribution is -0.137. The van der Waals surface area contributed by atoms with Gasteiger partial charge in [-0.05, 0) is 61.6 Å². The van der Waals surface area contributed by atoms with E-state index >= 15 is 0 Å². The molecule has 1 aromatic heterocycles. The molecule has 8 amide bonds. The quantitative estimate of drug-likeness (QED) is 0.0280. The molecule has 0 saturated carbocycles. The number of aromatic nitrogens is 1. The summed E-state index contributed by atoms with van der Waals surface area (Å²) < 4.78 is 10.4. The lowest BCUT2D eigenvalue weighted by Crippen LogP contribution is -2.55. The molecule has 0 spiro atoms. The van der Waals surface area contributed by atoms with E-state index in [0.29, 0.717) is 5.69 Å². The van der Waals surface area contributed by atoms with Gasteiger partial charge in [0.25, 0.3) is 11.8 Å². The molecule has 326 valence electrons. The van der Waals surface area contributed by atoms with Gasteiger partial charge in [-0.25, -0.2) is 9.78 Å². The van der Waals surface area contributed by atoms with Crippen LogP contribution in [-0.4, -0.2) is 130 Å². The molecular formula is C41H44N8O13. The zero-order valence-electron chi connectivity index (χ0n) is 33.1. The van der Waals surface area contributed by atoms with E-state index in [2.05, 4.69) is 36.9 Å². The molecule has 21 nitrogen and oxygen atoms in total. The van der Waals surface area contributed by atoms with Crippen molar-refractivity contribution >= 4 is 58.9 Å². The van der Waals surface area contributed by atoms with Crippen molar-refractivity contribution in [2.24, 2.45) is 0 Å². The number of carbonyl (C=O) groups excluding carboxylic acids is 9. The highest BCUT2D eigenvalue weighted by atomic mass is 16.6. The van der Waals surface area contributed by atoms with E-state index in [-0.39, 0.29) is 74.4 Å². The maximum absolute atomic E-state index is 13.5. The van der Waals surface area contributed by atoms with Crippen LogP contribution in [0, 0.1) is 0 Å². The number of nitrogens with zero attached hydrogens (tertiary/aromatic N) is 2. The van der Waals surface area contributed by atoms with Gasteiger partial charge in [0.1, 0.15) is 30.0 Å².